The molecule has 3 rings (SSSR count). The topological polar surface area (TPSA) is 82.5 Å². The number of imidazole rings is 1. The first kappa shape index (κ1) is 9.71. The molecule has 0 aromatic carbocycles. The molecule has 0 fully saturated rings. The van der Waals surface area contributed by atoms with Crippen molar-refractivity contribution in [3.8, 4) is 0 Å². The van der Waals surface area contributed by atoms with Crippen molar-refractivity contribution in [1.29, 1.82) is 0 Å². The Balaban J connectivity index is 2.36. The molecule has 0 saturated carbocycles. The number of allylic oxidation sites excluding steroid dienone is 1. The zero-order chi connectivity index (χ0) is 11.8. The maximum Gasteiger partial charge on any atom is 0.181 e. The lowest BCUT2D eigenvalue weighted by Gasteiger charge is -2.09. The molecule has 0 aliphatic rings. The van der Waals surface area contributed by atoms with Crippen LogP contribution in [0.2, 0.25) is 0 Å². The molecule has 0 spiro atoms. The number of aromatic nitrogens is 5. The van der Waals surface area contributed by atoms with Crippen molar-refractivity contribution in [2.24, 2.45) is 0 Å². The molecule has 2 N–H and O–H groups in total. The fourth-order valence-corrected chi connectivity index (χ4v) is 1.73. The van der Waals surface area contributed by atoms with Gasteiger partial charge in [0.15, 0.2) is 11.3 Å². The quantitative estimate of drug-likeness (QED) is 0.662. The van der Waals surface area contributed by atoms with E-state index < -0.39 is 0 Å². The molecule has 17 heavy (non-hydrogen) atoms. The van der Waals surface area contributed by atoms with Gasteiger partial charge in [-0.2, -0.15) is 0 Å². The minimum Gasteiger partial charge on any atom is -0.384 e. The second-order valence-electron chi connectivity index (χ2n) is 3.65. The summed E-state index contributed by atoms with van der Waals surface area (Å²) in [7, 11) is 0. The van der Waals surface area contributed by atoms with Crippen LogP contribution in [0.25, 0.3) is 22.2 Å². The van der Waals surface area contributed by atoms with Crippen LogP contribution in [0.3, 0.4) is 0 Å². The van der Waals surface area contributed by atoms with Crippen LogP contribution in [-0.2, 0) is 6.54 Å². The van der Waals surface area contributed by atoms with Gasteiger partial charge < -0.3 is 10.3 Å². The summed E-state index contributed by atoms with van der Waals surface area (Å²) in [6.07, 6.45) is 4.89. The molecule has 0 atom stereocenters. The van der Waals surface area contributed by atoms with Crippen LogP contribution < -0.4 is 5.73 Å². The first-order valence-corrected chi connectivity index (χ1v) is 5.12. The molecule has 3 heterocycles. The van der Waals surface area contributed by atoms with Gasteiger partial charge in [0.25, 0.3) is 0 Å². The lowest BCUT2D eigenvalue weighted by molar-refractivity contribution is 0.809. The molecule has 3 aromatic rings. The molecule has 0 aliphatic carbocycles. The van der Waals surface area contributed by atoms with Crippen LogP contribution in [0.1, 0.15) is 0 Å². The van der Waals surface area contributed by atoms with Crippen LogP contribution in [0.15, 0.2) is 31.4 Å². The van der Waals surface area contributed by atoms with Crippen molar-refractivity contribution in [2.75, 3.05) is 5.73 Å². The number of anilines is 1. The number of rotatable bonds is 2. The van der Waals surface area contributed by atoms with E-state index >= 15 is 0 Å². The standard InChI is InChI=1S/C11H10N6/c1-2-3-17-6-15-10-7(9(17)12)4-8-11(16-10)14-5-13-8/h2,4-6H,1,3,12H2. The molecule has 0 unspecified atom stereocenters. The molecule has 0 radical (unpaired) electrons. The molecule has 0 aliphatic heterocycles. The van der Waals surface area contributed by atoms with Gasteiger partial charge in [-0.25, -0.2) is 19.9 Å². The first-order chi connectivity index (χ1) is 8.29. The van der Waals surface area contributed by atoms with Gasteiger partial charge in [0.2, 0.25) is 0 Å². The third-order valence-corrected chi connectivity index (χ3v) is 2.57. The highest BCUT2D eigenvalue weighted by molar-refractivity contribution is 5.93. The Labute approximate surface area is 96.8 Å². The molecule has 0 amide bonds. The van der Waals surface area contributed by atoms with Crippen molar-refractivity contribution >= 4 is 28.0 Å². The summed E-state index contributed by atoms with van der Waals surface area (Å²) in [4.78, 5) is 16.7. The normalized spacial score (nSPS) is 11.1. The summed E-state index contributed by atoms with van der Waals surface area (Å²) >= 11 is 0. The van der Waals surface area contributed by atoms with Crippen LogP contribution in [0.5, 0.6) is 0 Å². The third kappa shape index (κ3) is 1.42. The number of nitrogen functional groups attached to an aromatic ring is 1. The lowest BCUT2D eigenvalue weighted by Crippen LogP contribution is -2.06. The Morgan fingerprint density at radius 2 is 2.18 bits per heavy atom. The highest BCUT2D eigenvalue weighted by Gasteiger charge is 2.08. The summed E-state index contributed by atoms with van der Waals surface area (Å²) in [6.45, 7) is 4.29. The summed E-state index contributed by atoms with van der Waals surface area (Å²) in [5.41, 5.74) is 7.94. The monoisotopic (exact) mass is 226 g/mol. The number of nitrogens with two attached hydrogens (primary N) is 1. The Hall–Kier alpha value is -2.50. The lowest BCUT2D eigenvalue weighted by atomic mass is 10.3. The number of fused-ring (bicyclic) bond motifs is 2. The van der Waals surface area contributed by atoms with E-state index in [4.69, 9.17) is 5.73 Å². The predicted molar refractivity (Wildman–Crippen MR) is 65.2 cm³/mol. The van der Waals surface area contributed by atoms with Crippen LogP contribution >= 0.6 is 0 Å². The van der Waals surface area contributed by atoms with Gasteiger partial charge in [-0.15, -0.1) is 6.58 Å². The van der Waals surface area contributed by atoms with Crippen molar-refractivity contribution in [2.45, 2.75) is 6.54 Å². The average Bonchev–Trinajstić information content (AvgIpc) is 2.78. The van der Waals surface area contributed by atoms with Gasteiger partial charge >= 0.3 is 0 Å². The molecule has 3 aromatic heterocycles. The summed E-state index contributed by atoms with van der Waals surface area (Å²) in [5.74, 6) is 0.604. The maximum absolute atomic E-state index is 6.05. The fourth-order valence-electron chi connectivity index (χ4n) is 1.73. The molecular weight excluding hydrogens is 216 g/mol. The van der Waals surface area contributed by atoms with E-state index in [1.807, 2.05) is 6.07 Å². The molecule has 0 saturated heterocycles. The van der Waals surface area contributed by atoms with E-state index in [-0.39, 0.29) is 0 Å². The van der Waals surface area contributed by atoms with E-state index in [2.05, 4.69) is 26.5 Å². The van der Waals surface area contributed by atoms with Crippen molar-refractivity contribution in [3.05, 3.63) is 31.4 Å². The van der Waals surface area contributed by atoms with E-state index in [9.17, 15) is 0 Å². The fraction of sp³-hybridized carbons (Fsp3) is 0.0909. The van der Waals surface area contributed by atoms with Gasteiger partial charge in [0.05, 0.1) is 11.7 Å². The highest BCUT2D eigenvalue weighted by atomic mass is 15.1. The largest absolute Gasteiger partial charge is 0.384 e. The number of pyridine rings is 1. The minimum absolute atomic E-state index is 0.579. The van der Waals surface area contributed by atoms with Crippen molar-refractivity contribution < 1.29 is 0 Å². The van der Waals surface area contributed by atoms with Crippen LogP contribution in [0.4, 0.5) is 5.82 Å². The molecule has 6 nitrogen and oxygen atoms in total. The van der Waals surface area contributed by atoms with E-state index in [1.54, 1.807) is 17.0 Å². The zero-order valence-electron chi connectivity index (χ0n) is 9.04. The van der Waals surface area contributed by atoms with Gasteiger partial charge in [-0.05, 0) is 6.07 Å². The Morgan fingerprint density at radius 3 is 3.00 bits per heavy atom. The van der Waals surface area contributed by atoms with Crippen molar-refractivity contribution in [1.82, 2.24) is 24.5 Å². The van der Waals surface area contributed by atoms with Gasteiger partial charge in [-0.1, -0.05) is 6.08 Å². The van der Waals surface area contributed by atoms with Crippen LogP contribution in [0, 0.1) is 0 Å². The zero-order valence-corrected chi connectivity index (χ0v) is 9.04. The Kier molecular flexibility index (Phi) is 2.01. The summed E-state index contributed by atoms with van der Waals surface area (Å²) in [5, 5.41) is 0.780. The second kappa shape index (κ2) is 3.51. The first-order valence-electron chi connectivity index (χ1n) is 5.12. The smallest absolute Gasteiger partial charge is 0.181 e. The molecular formula is C11H10N6. The van der Waals surface area contributed by atoms with Crippen LogP contribution in [-0.4, -0.2) is 24.5 Å². The molecule has 0 bridgehead atoms. The summed E-state index contributed by atoms with van der Waals surface area (Å²) in [6, 6.07) is 1.85. The van der Waals surface area contributed by atoms with Gasteiger partial charge in [0.1, 0.15) is 17.7 Å². The van der Waals surface area contributed by atoms with E-state index in [0.29, 0.717) is 23.7 Å². The predicted octanol–water partition coefficient (Wildman–Crippen LogP) is 1.14. The van der Waals surface area contributed by atoms with Gasteiger partial charge in [0, 0.05) is 6.54 Å². The average molecular weight is 226 g/mol. The minimum atomic E-state index is 0.579. The molecule has 84 valence electrons. The van der Waals surface area contributed by atoms with E-state index in [0.717, 1.165) is 10.9 Å². The number of hydrogen-bond donors (Lipinski definition) is 1. The Bertz CT molecular complexity index is 714. The van der Waals surface area contributed by atoms with Gasteiger partial charge in [-0.3, -0.25) is 0 Å². The third-order valence-electron chi connectivity index (χ3n) is 2.57. The Morgan fingerprint density at radius 1 is 1.29 bits per heavy atom. The maximum atomic E-state index is 6.05. The van der Waals surface area contributed by atoms with E-state index in [1.165, 1.54) is 6.33 Å². The molecule has 6 heteroatoms. The second-order valence-corrected chi connectivity index (χ2v) is 3.65. The SMILES string of the molecule is C=CCn1cnc2nc3ncnc3cc2c1N. The van der Waals surface area contributed by atoms with Crippen molar-refractivity contribution in [3.63, 3.8) is 0 Å². The summed E-state index contributed by atoms with van der Waals surface area (Å²) < 4.78 is 1.80. The highest BCUT2D eigenvalue weighted by Crippen LogP contribution is 2.20. The number of hydrogen-bond acceptors (Lipinski definition) is 5. The number of nitrogens with zero attached hydrogens (tertiary/aromatic N) is 5.